The van der Waals surface area contributed by atoms with Crippen molar-refractivity contribution in [1.82, 2.24) is 9.47 Å². The molecular formula is C20H19FN2O4S. The van der Waals surface area contributed by atoms with Gasteiger partial charge in [-0.05, 0) is 62.9 Å². The van der Waals surface area contributed by atoms with E-state index >= 15 is 0 Å². The van der Waals surface area contributed by atoms with Crippen molar-refractivity contribution in [2.45, 2.75) is 26.4 Å². The molecule has 0 unspecified atom stereocenters. The van der Waals surface area contributed by atoms with E-state index in [4.69, 9.17) is 4.74 Å². The van der Waals surface area contributed by atoms with Gasteiger partial charge in [0.25, 0.3) is 11.1 Å². The molecule has 6 nitrogen and oxygen atoms in total. The number of nitrogens with zero attached hydrogens (tertiary/aromatic N) is 2. The third-order valence-electron chi connectivity index (χ3n) is 3.75. The lowest BCUT2D eigenvalue weighted by atomic mass is 10.2. The van der Waals surface area contributed by atoms with Gasteiger partial charge in [-0.1, -0.05) is 12.1 Å². The smallest absolute Gasteiger partial charge is 0.326 e. The minimum Gasteiger partial charge on any atom is -0.459 e. The van der Waals surface area contributed by atoms with Gasteiger partial charge in [-0.2, -0.15) is 0 Å². The van der Waals surface area contributed by atoms with Crippen LogP contribution in [-0.4, -0.2) is 38.7 Å². The number of hydrogen-bond donors (Lipinski definition) is 0. The number of amides is 2. The molecule has 2 heterocycles. The van der Waals surface area contributed by atoms with Crippen molar-refractivity contribution in [2.24, 2.45) is 0 Å². The molecule has 146 valence electrons. The van der Waals surface area contributed by atoms with Gasteiger partial charge in [0, 0.05) is 11.9 Å². The number of carbonyl (C=O) groups excluding carboxylic acids is 3. The quantitative estimate of drug-likeness (QED) is 0.571. The maximum atomic E-state index is 14.1. The fourth-order valence-electron chi connectivity index (χ4n) is 2.65. The van der Waals surface area contributed by atoms with E-state index in [2.05, 4.69) is 0 Å². The largest absolute Gasteiger partial charge is 0.459 e. The van der Waals surface area contributed by atoms with Crippen LogP contribution in [0.2, 0.25) is 0 Å². The van der Waals surface area contributed by atoms with Gasteiger partial charge < -0.3 is 9.30 Å². The first-order valence-electron chi connectivity index (χ1n) is 8.55. The first-order chi connectivity index (χ1) is 13.2. The number of thioether (sulfide) groups is 1. The normalized spacial score (nSPS) is 16.1. The Balaban J connectivity index is 1.83. The number of carbonyl (C=O) groups is 3. The Morgan fingerprint density at radius 2 is 1.89 bits per heavy atom. The molecule has 2 aromatic rings. The molecule has 0 N–H and O–H groups in total. The fraction of sp³-hybridized carbons (Fsp3) is 0.250. The van der Waals surface area contributed by atoms with Crippen LogP contribution in [0.4, 0.5) is 9.18 Å². The zero-order chi connectivity index (χ0) is 20.5. The van der Waals surface area contributed by atoms with Gasteiger partial charge >= 0.3 is 5.97 Å². The minimum atomic E-state index is -0.713. The molecule has 1 saturated heterocycles. The number of esters is 1. The molecule has 0 spiro atoms. The SMILES string of the molecule is CC(C)(C)OC(=O)CN1C(=O)SC(=Cc2cccn2-c2ccccc2F)C1=O. The molecule has 0 atom stereocenters. The molecule has 28 heavy (non-hydrogen) atoms. The van der Waals surface area contributed by atoms with E-state index in [9.17, 15) is 18.8 Å². The summed E-state index contributed by atoms with van der Waals surface area (Å²) in [5, 5.41) is -0.550. The highest BCUT2D eigenvalue weighted by atomic mass is 32.2. The number of para-hydroxylation sites is 1. The molecule has 0 radical (unpaired) electrons. The van der Waals surface area contributed by atoms with Crippen LogP contribution in [0.1, 0.15) is 26.5 Å². The van der Waals surface area contributed by atoms with Crippen LogP contribution in [0.15, 0.2) is 47.5 Å². The van der Waals surface area contributed by atoms with Gasteiger partial charge in [0.15, 0.2) is 0 Å². The van der Waals surface area contributed by atoms with Gasteiger partial charge in [0.1, 0.15) is 18.0 Å². The molecule has 1 aromatic heterocycles. The van der Waals surface area contributed by atoms with Gasteiger partial charge in [-0.15, -0.1) is 0 Å². The zero-order valence-electron chi connectivity index (χ0n) is 15.6. The first-order valence-corrected chi connectivity index (χ1v) is 9.37. The first kappa shape index (κ1) is 19.9. The molecule has 0 aliphatic carbocycles. The second kappa shape index (κ2) is 7.63. The Hall–Kier alpha value is -2.87. The molecule has 8 heteroatoms. The molecule has 0 saturated carbocycles. The number of rotatable bonds is 4. The molecule has 0 bridgehead atoms. The molecule has 1 aromatic carbocycles. The lowest BCUT2D eigenvalue weighted by molar-refractivity contribution is -0.156. The van der Waals surface area contributed by atoms with Crippen LogP contribution in [0.3, 0.4) is 0 Å². The van der Waals surface area contributed by atoms with Crippen LogP contribution >= 0.6 is 11.8 Å². The van der Waals surface area contributed by atoms with Gasteiger partial charge in [0.2, 0.25) is 0 Å². The average Bonchev–Trinajstić information content (AvgIpc) is 3.14. The van der Waals surface area contributed by atoms with Crippen molar-refractivity contribution >= 4 is 35.0 Å². The second-order valence-corrected chi connectivity index (χ2v) is 8.10. The number of imide groups is 1. The van der Waals surface area contributed by atoms with E-state index in [1.54, 1.807) is 61.9 Å². The number of aromatic nitrogens is 1. The molecule has 3 rings (SSSR count). The van der Waals surface area contributed by atoms with Crippen LogP contribution in [0, 0.1) is 5.82 Å². The van der Waals surface area contributed by atoms with E-state index in [-0.39, 0.29) is 4.91 Å². The molecular weight excluding hydrogens is 383 g/mol. The Morgan fingerprint density at radius 3 is 2.57 bits per heavy atom. The monoisotopic (exact) mass is 402 g/mol. The summed E-state index contributed by atoms with van der Waals surface area (Å²) in [6.45, 7) is 4.66. The highest BCUT2D eigenvalue weighted by molar-refractivity contribution is 8.18. The Bertz CT molecular complexity index is 975. The van der Waals surface area contributed by atoms with E-state index < -0.39 is 35.1 Å². The highest BCUT2D eigenvalue weighted by Gasteiger charge is 2.37. The Morgan fingerprint density at radius 1 is 1.18 bits per heavy atom. The molecule has 1 aliphatic rings. The van der Waals surface area contributed by atoms with Gasteiger partial charge in [-0.3, -0.25) is 19.3 Å². The average molecular weight is 402 g/mol. The van der Waals surface area contributed by atoms with Crippen molar-refractivity contribution in [2.75, 3.05) is 6.54 Å². The van der Waals surface area contributed by atoms with Crippen molar-refractivity contribution in [3.63, 3.8) is 0 Å². The summed E-state index contributed by atoms with van der Waals surface area (Å²) >= 11 is 0.732. The number of hydrogen-bond acceptors (Lipinski definition) is 5. The minimum absolute atomic E-state index is 0.157. The van der Waals surface area contributed by atoms with Crippen LogP contribution in [-0.2, 0) is 14.3 Å². The number of benzene rings is 1. The van der Waals surface area contributed by atoms with Gasteiger partial charge in [-0.25, -0.2) is 4.39 Å². The second-order valence-electron chi connectivity index (χ2n) is 7.11. The summed E-state index contributed by atoms with van der Waals surface area (Å²) in [5.41, 5.74) is 0.148. The van der Waals surface area contributed by atoms with E-state index in [0.717, 1.165) is 16.7 Å². The topological polar surface area (TPSA) is 68.6 Å². The predicted octanol–water partition coefficient (Wildman–Crippen LogP) is 3.99. The maximum absolute atomic E-state index is 14.1. The summed E-state index contributed by atoms with van der Waals surface area (Å²) in [6, 6.07) is 9.66. The Kier molecular flexibility index (Phi) is 5.42. The predicted molar refractivity (Wildman–Crippen MR) is 104 cm³/mol. The maximum Gasteiger partial charge on any atom is 0.326 e. The molecule has 1 fully saturated rings. The lowest BCUT2D eigenvalue weighted by Crippen LogP contribution is -2.37. The Labute approximate surface area is 166 Å². The van der Waals surface area contributed by atoms with Crippen molar-refractivity contribution < 1.29 is 23.5 Å². The third kappa shape index (κ3) is 4.33. The number of ether oxygens (including phenoxy) is 1. The zero-order valence-corrected chi connectivity index (χ0v) is 16.5. The van der Waals surface area contributed by atoms with E-state index in [1.165, 1.54) is 12.1 Å². The van der Waals surface area contributed by atoms with Crippen molar-refractivity contribution in [3.8, 4) is 5.69 Å². The summed E-state index contributed by atoms with van der Waals surface area (Å²) in [4.78, 5) is 37.7. The van der Waals surface area contributed by atoms with Crippen molar-refractivity contribution in [3.05, 3.63) is 59.0 Å². The number of halogens is 1. The summed E-state index contributed by atoms with van der Waals surface area (Å²) < 4.78 is 20.8. The molecule has 2 amide bonds. The highest BCUT2D eigenvalue weighted by Crippen LogP contribution is 2.32. The fourth-order valence-corrected chi connectivity index (χ4v) is 3.47. The van der Waals surface area contributed by atoms with Crippen LogP contribution < -0.4 is 0 Å². The van der Waals surface area contributed by atoms with Crippen LogP contribution in [0.5, 0.6) is 0 Å². The summed E-state index contributed by atoms with van der Waals surface area (Å²) in [5.74, 6) is -1.65. The van der Waals surface area contributed by atoms with Crippen LogP contribution in [0.25, 0.3) is 11.8 Å². The molecule has 1 aliphatic heterocycles. The lowest BCUT2D eigenvalue weighted by Gasteiger charge is -2.21. The third-order valence-corrected chi connectivity index (χ3v) is 4.66. The van der Waals surface area contributed by atoms with E-state index in [0.29, 0.717) is 11.4 Å². The van der Waals surface area contributed by atoms with Gasteiger partial charge in [0.05, 0.1) is 10.6 Å². The summed E-state index contributed by atoms with van der Waals surface area (Å²) in [7, 11) is 0. The standard InChI is InChI=1S/C20H19FN2O4S/c1-20(2,3)27-17(24)12-23-18(25)16(28-19(23)26)11-13-7-6-10-22(13)15-9-5-4-8-14(15)21/h4-11H,12H2,1-3H3. The van der Waals surface area contributed by atoms with E-state index in [1.807, 2.05) is 0 Å². The van der Waals surface area contributed by atoms with Crippen molar-refractivity contribution in [1.29, 1.82) is 0 Å². The summed E-state index contributed by atoms with van der Waals surface area (Å²) in [6.07, 6.45) is 3.17.